The van der Waals surface area contributed by atoms with Gasteiger partial charge in [0.05, 0.1) is 11.9 Å². The molecule has 228 valence electrons. The topological polar surface area (TPSA) is 37.4 Å². The minimum absolute atomic E-state index is 0.0730. The van der Waals surface area contributed by atoms with E-state index in [1.807, 2.05) is 72.6 Å². The summed E-state index contributed by atoms with van der Waals surface area (Å²) in [5, 5.41) is 3.08. The summed E-state index contributed by atoms with van der Waals surface area (Å²) in [6.07, 6.45) is 2.14. The van der Waals surface area contributed by atoms with Crippen LogP contribution < -0.4 is 0 Å². The van der Waals surface area contributed by atoms with Gasteiger partial charge < -0.3 is 0 Å². The highest BCUT2D eigenvalue weighted by atomic mass is 79.9. The predicted molar refractivity (Wildman–Crippen MR) is 194 cm³/mol. The summed E-state index contributed by atoms with van der Waals surface area (Å²) >= 11 is 33.5. The standard InChI is InChI=1S/C16H14BrCl2NO.C9H10Cl2.C8H6Br2O/c1-20(9-12-5-6-14(18)8-15(12)19)10-16(21)11-3-2-4-13(17)7-11;1-2-3-7-4-5-8(10)6-9(7)11;9-5-8(11)6-2-1-3-7(10)4-6/h2-8H,9-10H2,1H3;4-6H,2-3H2,1H3;1-4H,5H2. The van der Waals surface area contributed by atoms with E-state index < -0.39 is 0 Å². The van der Waals surface area contributed by atoms with Crippen LogP contribution in [0.3, 0.4) is 0 Å². The lowest BCUT2D eigenvalue weighted by Crippen LogP contribution is -2.25. The molecule has 43 heavy (non-hydrogen) atoms. The number of hydrogen-bond donors (Lipinski definition) is 0. The van der Waals surface area contributed by atoms with E-state index in [1.165, 1.54) is 5.56 Å². The Morgan fingerprint density at radius 3 is 1.63 bits per heavy atom. The van der Waals surface area contributed by atoms with Crippen LogP contribution >= 0.6 is 94.2 Å². The molecule has 0 aliphatic rings. The maximum absolute atomic E-state index is 12.2. The molecule has 0 saturated heterocycles. The fourth-order valence-electron chi connectivity index (χ4n) is 3.73. The first-order valence-corrected chi connectivity index (χ1v) is 17.3. The molecule has 4 aromatic rings. The van der Waals surface area contributed by atoms with Crippen LogP contribution in [0.5, 0.6) is 0 Å². The van der Waals surface area contributed by atoms with Gasteiger partial charge >= 0.3 is 0 Å². The molecule has 0 heterocycles. The van der Waals surface area contributed by atoms with Gasteiger partial charge in [-0.2, -0.15) is 0 Å². The molecule has 0 aromatic heterocycles. The number of carbonyl (C=O) groups is 2. The van der Waals surface area contributed by atoms with E-state index in [0.29, 0.717) is 39.1 Å². The first-order chi connectivity index (χ1) is 20.4. The van der Waals surface area contributed by atoms with Crippen molar-refractivity contribution in [3.8, 4) is 0 Å². The molecular weight excluding hydrogens is 824 g/mol. The molecule has 0 fully saturated rings. The quantitative estimate of drug-likeness (QED) is 0.124. The second kappa shape index (κ2) is 20.0. The summed E-state index contributed by atoms with van der Waals surface area (Å²) in [4.78, 5) is 25.2. The van der Waals surface area contributed by atoms with Crippen molar-refractivity contribution >= 4 is 106 Å². The summed E-state index contributed by atoms with van der Waals surface area (Å²) in [5.41, 5.74) is 3.55. The lowest BCUT2D eigenvalue weighted by Gasteiger charge is -2.17. The molecule has 3 nitrogen and oxygen atoms in total. The molecule has 4 rings (SSSR count). The fraction of sp³-hybridized carbons (Fsp3) is 0.212. The van der Waals surface area contributed by atoms with Gasteiger partial charge in [-0.25, -0.2) is 0 Å². The van der Waals surface area contributed by atoms with Gasteiger partial charge in [-0.1, -0.05) is 144 Å². The van der Waals surface area contributed by atoms with Crippen molar-refractivity contribution in [2.45, 2.75) is 26.3 Å². The Bertz CT molecular complexity index is 1520. The van der Waals surface area contributed by atoms with Gasteiger partial charge in [0.15, 0.2) is 11.6 Å². The number of hydrogen-bond acceptors (Lipinski definition) is 3. The summed E-state index contributed by atoms with van der Waals surface area (Å²) in [5.74, 6) is 0.176. The molecule has 0 atom stereocenters. The number of halogens is 7. The lowest BCUT2D eigenvalue weighted by molar-refractivity contribution is 0.0942. The Hall–Kier alpha value is -1.22. The normalized spacial score (nSPS) is 10.4. The number of aryl methyl sites for hydroxylation is 1. The molecular formula is C33H30Br3Cl4NO2. The van der Waals surface area contributed by atoms with Crippen LogP contribution in [-0.2, 0) is 13.0 Å². The van der Waals surface area contributed by atoms with Gasteiger partial charge in [0.1, 0.15) is 0 Å². The average Bonchev–Trinajstić information content (AvgIpc) is 2.96. The van der Waals surface area contributed by atoms with Crippen molar-refractivity contribution in [3.63, 3.8) is 0 Å². The number of alkyl halides is 1. The first-order valence-electron chi connectivity index (χ1n) is 13.1. The zero-order valence-electron chi connectivity index (χ0n) is 23.5. The minimum Gasteiger partial charge on any atom is -0.295 e. The second-order valence-corrected chi connectivity index (χ2v) is 13.5. The average molecular weight is 854 g/mol. The highest BCUT2D eigenvalue weighted by Gasteiger charge is 2.12. The first kappa shape index (κ1) is 38.0. The molecule has 0 aliphatic heterocycles. The minimum atomic E-state index is 0.0730. The van der Waals surface area contributed by atoms with Crippen LogP contribution in [0.2, 0.25) is 20.1 Å². The van der Waals surface area contributed by atoms with E-state index in [0.717, 1.165) is 37.9 Å². The number of likely N-dealkylation sites (N-methyl/N-ethyl adjacent to an activating group) is 1. The smallest absolute Gasteiger partial charge is 0.176 e. The van der Waals surface area contributed by atoms with Crippen LogP contribution in [-0.4, -0.2) is 35.4 Å². The summed E-state index contributed by atoms with van der Waals surface area (Å²) in [6.45, 7) is 3.05. The third-order valence-corrected chi connectivity index (χ3v) is 8.49. The van der Waals surface area contributed by atoms with Crippen LogP contribution in [0, 0.1) is 0 Å². The number of ketones is 2. The van der Waals surface area contributed by atoms with Crippen molar-refractivity contribution < 1.29 is 9.59 Å². The van der Waals surface area contributed by atoms with E-state index in [2.05, 4.69) is 54.7 Å². The van der Waals surface area contributed by atoms with Crippen LogP contribution in [0.15, 0.2) is 93.9 Å². The molecule has 0 saturated carbocycles. The summed E-state index contributed by atoms with van der Waals surface area (Å²) in [6, 6.07) is 25.8. The van der Waals surface area contributed by atoms with E-state index in [-0.39, 0.29) is 11.6 Å². The van der Waals surface area contributed by atoms with Gasteiger partial charge in [0, 0.05) is 46.7 Å². The van der Waals surface area contributed by atoms with Crippen molar-refractivity contribution in [1.82, 2.24) is 4.90 Å². The van der Waals surface area contributed by atoms with Crippen molar-refractivity contribution in [1.29, 1.82) is 0 Å². The van der Waals surface area contributed by atoms with Crippen molar-refractivity contribution in [3.05, 3.63) is 136 Å². The summed E-state index contributed by atoms with van der Waals surface area (Å²) < 4.78 is 1.83. The van der Waals surface area contributed by atoms with E-state index in [4.69, 9.17) is 46.4 Å². The number of benzene rings is 4. The largest absolute Gasteiger partial charge is 0.295 e. The zero-order valence-corrected chi connectivity index (χ0v) is 31.3. The number of Topliss-reactive ketones (excluding diaryl/α,β-unsaturated/α-hetero) is 2. The van der Waals surface area contributed by atoms with E-state index in [1.54, 1.807) is 24.3 Å². The predicted octanol–water partition coefficient (Wildman–Crippen LogP) is 12.0. The van der Waals surface area contributed by atoms with Crippen LogP contribution in [0.4, 0.5) is 0 Å². The highest BCUT2D eigenvalue weighted by Crippen LogP contribution is 2.23. The molecule has 0 spiro atoms. The molecule has 0 aliphatic carbocycles. The fourth-order valence-corrected chi connectivity index (χ4v) is 5.82. The maximum atomic E-state index is 12.2. The third kappa shape index (κ3) is 14.2. The van der Waals surface area contributed by atoms with Gasteiger partial charge in [-0.15, -0.1) is 0 Å². The molecule has 4 aromatic carbocycles. The number of nitrogens with zero attached hydrogens (tertiary/aromatic N) is 1. The molecule has 10 heteroatoms. The van der Waals surface area contributed by atoms with Crippen LogP contribution in [0.1, 0.15) is 45.2 Å². The maximum Gasteiger partial charge on any atom is 0.176 e. The molecule has 0 bridgehead atoms. The summed E-state index contributed by atoms with van der Waals surface area (Å²) in [7, 11) is 1.89. The Morgan fingerprint density at radius 2 is 1.19 bits per heavy atom. The Kier molecular flexibility index (Phi) is 17.7. The third-order valence-electron chi connectivity index (χ3n) is 5.82. The van der Waals surface area contributed by atoms with Gasteiger partial charge in [-0.3, -0.25) is 14.5 Å². The molecule has 0 unspecified atom stereocenters. The van der Waals surface area contributed by atoms with Crippen molar-refractivity contribution in [2.75, 3.05) is 18.9 Å². The van der Waals surface area contributed by atoms with Crippen LogP contribution in [0.25, 0.3) is 0 Å². The van der Waals surface area contributed by atoms with Crippen molar-refractivity contribution in [2.24, 2.45) is 0 Å². The molecule has 0 amide bonds. The monoisotopic (exact) mass is 849 g/mol. The zero-order chi connectivity index (χ0) is 31.9. The van der Waals surface area contributed by atoms with Gasteiger partial charge in [0.2, 0.25) is 0 Å². The SMILES string of the molecule is CCCc1ccc(Cl)cc1Cl.CN(CC(=O)c1cccc(Br)c1)Cc1ccc(Cl)cc1Cl.O=C(CBr)c1cccc(Br)c1. The second-order valence-electron chi connectivity index (χ2n) is 9.39. The molecule has 0 radical (unpaired) electrons. The Morgan fingerprint density at radius 1 is 0.698 bits per heavy atom. The Balaban J connectivity index is 0.000000247. The number of carbonyl (C=O) groups excluding carboxylic acids is 2. The van der Waals surface area contributed by atoms with E-state index in [9.17, 15) is 9.59 Å². The Labute approximate surface area is 299 Å². The van der Waals surface area contributed by atoms with Gasteiger partial charge in [-0.05, 0) is 73.1 Å². The highest BCUT2D eigenvalue weighted by molar-refractivity contribution is 9.10. The lowest BCUT2D eigenvalue weighted by atomic mass is 10.1. The van der Waals surface area contributed by atoms with Gasteiger partial charge in [0.25, 0.3) is 0 Å². The molecule has 0 N–H and O–H groups in total. The van der Waals surface area contributed by atoms with E-state index >= 15 is 0 Å². The number of rotatable bonds is 9.